The molecule has 2 aromatic rings. The third kappa shape index (κ3) is 3.82. The van der Waals surface area contributed by atoms with Crippen LogP contribution in [0.3, 0.4) is 0 Å². The van der Waals surface area contributed by atoms with Crippen LogP contribution in [0.1, 0.15) is 21.5 Å². The van der Waals surface area contributed by atoms with Crippen molar-refractivity contribution in [3.8, 4) is 11.8 Å². The number of benzene rings is 2. The van der Waals surface area contributed by atoms with Crippen LogP contribution in [0.2, 0.25) is 0 Å². The first-order chi connectivity index (χ1) is 11.4. The second-order valence-electron chi connectivity index (χ2n) is 4.82. The highest BCUT2D eigenvalue weighted by Gasteiger charge is 2.30. The summed E-state index contributed by atoms with van der Waals surface area (Å²) in [6, 6.07) is 12.5. The summed E-state index contributed by atoms with van der Waals surface area (Å²) in [5, 5.41) is 9.21. The van der Waals surface area contributed by atoms with Gasteiger partial charge in [0.25, 0.3) is 0 Å². The lowest BCUT2D eigenvalue weighted by atomic mass is 10.0. The zero-order valence-electron chi connectivity index (χ0n) is 12.6. The molecule has 0 saturated heterocycles. The highest BCUT2D eigenvalue weighted by atomic mass is 19.4. The number of ether oxygens (including phenoxy) is 1. The van der Waals surface area contributed by atoms with E-state index in [0.29, 0.717) is 0 Å². The topological polar surface area (TPSA) is 50.1 Å². The van der Waals surface area contributed by atoms with Crippen LogP contribution in [-0.2, 0) is 6.18 Å². The molecule has 0 unspecified atom stereocenters. The average Bonchev–Trinajstić information content (AvgIpc) is 2.58. The standard InChI is InChI=1S/C18H12F3NO2/c1-24-16-8-3-2-7-15(16)17(23)13(11-22)9-12-5-4-6-14(10-12)18(19,20)21/h2-10H,1H3/b13-9+. The molecule has 2 rings (SSSR count). The SMILES string of the molecule is COc1ccccc1C(=O)/C(C#N)=C/c1cccc(C(F)(F)F)c1. The van der Waals surface area contributed by atoms with Gasteiger partial charge in [-0.3, -0.25) is 4.79 Å². The van der Waals surface area contributed by atoms with E-state index in [1.807, 2.05) is 0 Å². The van der Waals surface area contributed by atoms with Gasteiger partial charge in [-0.05, 0) is 35.9 Å². The van der Waals surface area contributed by atoms with Crippen LogP contribution in [0.5, 0.6) is 5.75 Å². The Morgan fingerprint density at radius 2 is 1.88 bits per heavy atom. The molecule has 0 bridgehead atoms. The molecule has 0 N–H and O–H groups in total. The Morgan fingerprint density at radius 1 is 1.17 bits per heavy atom. The largest absolute Gasteiger partial charge is 0.496 e. The highest BCUT2D eigenvalue weighted by Crippen LogP contribution is 2.30. The zero-order chi connectivity index (χ0) is 17.7. The molecule has 0 aliphatic rings. The van der Waals surface area contributed by atoms with Crippen LogP contribution >= 0.6 is 0 Å². The maximum atomic E-state index is 12.7. The number of alkyl halides is 3. The van der Waals surface area contributed by atoms with Gasteiger partial charge < -0.3 is 4.74 Å². The van der Waals surface area contributed by atoms with E-state index in [2.05, 4.69) is 0 Å². The van der Waals surface area contributed by atoms with Crippen LogP contribution in [-0.4, -0.2) is 12.9 Å². The summed E-state index contributed by atoms with van der Waals surface area (Å²) in [5.41, 5.74) is -0.846. The number of nitrogens with zero attached hydrogens (tertiary/aromatic N) is 1. The minimum Gasteiger partial charge on any atom is -0.496 e. The van der Waals surface area contributed by atoms with Crippen molar-refractivity contribution < 1.29 is 22.7 Å². The molecular weight excluding hydrogens is 319 g/mol. The maximum absolute atomic E-state index is 12.7. The van der Waals surface area contributed by atoms with E-state index in [1.165, 1.54) is 25.3 Å². The van der Waals surface area contributed by atoms with Gasteiger partial charge in [0.1, 0.15) is 17.4 Å². The Balaban J connectivity index is 2.43. The average molecular weight is 331 g/mol. The molecule has 2 aromatic carbocycles. The van der Waals surface area contributed by atoms with Crippen LogP contribution in [0.15, 0.2) is 54.1 Å². The van der Waals surface area contributed by atoms with Gasteiger partial charge in [-0.1, -0.05) is 24.3 Å². The predicted octanol–water partition coefficient (Wildman–Crippen LogP) is 4.50. The van der Waals surface area contributed by atoms with Crippen molar-refractivity contribution in [2.24, 2.45) is 0 Å². The summed E-state index contributed by atoms with van der Waals surface area (Å²) >= 11 is 0. The second-order valence-corrected chi connectivity index (χ2v) is 4.82. The quantitative estimate of drug-likeness (QED) is 0.471. The smallest absolute Gasteiger partial charge is 0.416 e. The lowest BCUT2D eigenvalue weighted by Crippen LogP contribution is -2.06. The number of carbonyl (C=O) groups excluding carboxylic acids is 1. The number of para-hydroxylation sites is 1. The number of carbonyl (C=O) groups is 1. The first kappa shape index (κ1) is 17.3. The molecule has 0 atom stereocenters. The van der Waals surface area contributed by atoms with Crippen molar-refractivity contribution >= 4 is 11.9 Å². The summed E-state index contributed by atoms with van der Waals surface area (Å²) in [6.07, 6.45) is -3.37. The van der Waals surface area contributed by atoms with Gasteiger partial charge in [0.2, 0.25) is 5.78 Å². The van der Waals surface area contributed by atoms with Gasteiger partial charge in [0.15, 0.2) is 0 Å². The molecule has 0 saturated carbocycles. The van der Waals surface area contributed by atoms with Crippen LogP contribution in [0, 0.1) is 11.3 Å². The van der Waals surface area contributed by atoms with Crippen molar-refractivity contribution in [3.05, 3.63) is 70.8 Å². The molecular formula is C18H12F3NO2. The van der Waals surface area contributed by atoms with Crippen molar-refractivity contribution in [2.45, 2.75) is 6.18 Å². The number of hydrogen-bond acceptors (Lipinski definition) is 3. The van der Waals surface area contributed by atoms with E-state index in [0.717, 1.165) is 18.2 Å². The molecule has 0 aliphatic carbocycles. The fourth-order valence-corrected chi connectivity index (χ4v) is 2.10. The minimum atomic E-state index is -4.50. The van der Waals surface area contributed by atoms with Crippen molar-refractivity contribution in [3.63, 3.8) is 0 Å². The lowest BCUT2D eigenvalue weighted by molar-refractivity contribution is -0.137. The van der Waals surface area contributed by atoms with E-state index in [-0.39, 0.29) is 22.4 Å². The number of Topliss-reactive ketones (excluding diaryl/α,β-unsaturated/α-hetero) is 1. The number of methoxy groups -OCH3 is 1. The normalized spacial score (nSPS) is 11.7. The summed E-state index contributed by atoms with van der Waals surface area (Å²) in [6.45, 7) is 0. The second kappa shape index (κ2) is 7.01. The van der Waals surface area contributed by atoms with E-state index < -0.39 is 17.5 Å². The van der Waals surface area contributed by atoms with E-state index >= 15 is 0 Å². The fourth-order valence-electron chi connectivity index (χ4n) is 2.10. The van der Waals surface area contributed by atoms with E-state index in [9.17, 15) is 23.2 Å². The summed E-state index contributed by atoms with van der Waals surface area (Å²) < 4.78 is 43.3. The molecule has 6 heteroatoms. The Kier molecular flexibility index (Phi) is 5.05. The first-order valence-electron chi connectivity index (χ1n) is 6.83. The van der Waals surface area contributed by atoms with Crippen molar-refractivity contribution in [2.75, 3.05) is 7.11 Å². The van der Waals surface area contributed by atoms with Crippen LogP contribution in [0.4, 0.5) is 13.2 Å². The molecule has 0 aliphatic heterocycles. The lowest BCUT2D eigenvalue weighted by Gasteiger charge is -2.08. The number of halogens is 3. The van der Waals surface area contributed by atoms with Gasteiger partial charge in [-0.25, -0.2) is 0 Å². The fraction of sp³-hybridized carbons (Fsp3) is 0.111. The Morgan fingerprint density at radius 3 is 2.50 bits per heavy atom. The monoisotopic (exact) mass is 331 g/mol. The summed E-state index contributed by atoms with van der Waals surface area (Å²) in [4.78, 5) is 12.4. The van der Waals surface area contributed by atoms with Gasteiger partial charge in [-0.2, -0.15) is 18.4 Å². The third-order valence-corrected chi connectivity index (χ3v) is 3.24. The summed E-state index contributed by atoms with van der Waals surface area (Å²) in [7, 11) is 1.38. The van der Waals surface area contributed by atoms with Gasteiger partial charge in [-0.15, -0.1) is 0 Å². The van der Waals surface area contributed by atoms with E-state index in [1.54, 1.807) is 24.3 Å². The molecule has 0 radical (unpaired) electrons. The van der Waals surface area contributed by atoms with Crippen LogP contribution < -0.4 is 4.74 Å². The Bertz CT molecular complexity index is 833. The van der Waals surface area contributed by atoms with Gasteiger partial charge in [0, 0.05) is 0 Å². The maximum Gasteiger partial charge on any atom is 0.416 e. The van der Waals surface area contributed by atoms with Crippen LogP contribution in [0.25, 0.3) is 6.08 Å². The Labute approximate surface area is 136 Å². The predicted molar refractivity (Wildman–Crippen MR) is 82.4 cm³/mol. The minimum absolute atomic E-state index is 0.115. The van der Waals surface area contributed by atoms with Crippen molar-refractivity contribution in [1.82, 2.24) is 0 Å². The summed E-state index contributed by atoms with van der Waals surface area (Å²) in [5.74, 6) is -0.333. The van der Waals surface area contributed by atoms with Gasteiger partial charge in [0.05, 0.1) is 18.2 Å². The Hall–Kier alpha value is -3.07. The number of rotatable bonds is 4. The molecule has 0 spiro atoms. The zero-order valence-corrected chi connectivity index (χ0v) is 12.6. The van der Waals surface area contributed by atoms with E-state index in [4.69, 9.17) is 4.74 Å². The number of nitriles is 1. The number of hydrogen-bond donors (Lipinski definition) is 0. The third-order valence-electron chi connectivity index (χ3n) is 3.24. The van der Waals surface area contributed by atoms with Gasteiger partial charge >= 0.3 is 6.18 Å². The number of ketones is 1. The molecule has 0 aromatic heterocycles. The molecule has 24 heavy (non-hydrogen) atoms. The molecule has 0 amide bonds. The first-order valence-corrected chi connectivity index (χ1v) is 6.83. The van der Waals surface area contributed by atoms with Crippen molar-refractivity contribution in [1.29, 1.82) is 5.26 Å². The molecule has 3 nitrogen and oxygen atoms in total. The molecule has 122 valence electrons. The molecule has 0 fully saturated rings. The number of allylic oxidation sites excluding steroid dienone is 1. The highest BCUT2D eigenvalue weighted by molar-refractivity contribution is 6.15. The molecule has 0 heterocycles.